The smallest absolute Gasteiger partial charge is 0.272 e. The van der Waals surface area contributed by atoms with E-state index in [2.05, 4.69) is 21.0 Å². The number of alkyl halides is 4. The van der Waals surface area contributed by atoms with Crippen LogP contribution in [0.25, 0.3) is 0 Å². The highest BCUT2D eigenvalue weighted by Gasteiger charge is 2.38. The first kappa shape index (κ1) is 12.0. The van der Waals surface area contributed by atoms with Crippen LogP contribution in [0, 0.1) is 5.41 Å². The van der Waals surface area contributed by atoms with E-state index in [4.69, 9.17) is 0 Å². The van der Waals surface area contributed by atoms with Crippen molar-refractivity contribution in [1.82, 2.24) is 9.78 Å². The van der Waals surface area contributed by atoms with E-state index in [1.165, 1.54) is 10.9 Å². The van der Waals surface area contributed by atoms with Crippen molar-refractivity contribution in [1.29, 1.82) is 0 Å². The summed E-state index contributed by atoms with van der Waals surface area (Å²) in [5, 5.41) is 4.39. The Labute approximate surface area is 100.0 Å². The van der Waals surface area contributed by atoms with Crippen LogP contribution >= 0.6 is 15.9 Å². The molecule has 1 saturated carbocycles. The summed E-state index contributed by atoms with van der Waals surface area (Å²) < 4.78 is 38.4. The molecule has 0 aromatic carbocycles. The fourth-order valence-corrected chi connectivity index (χ4v) is 2.69. The molecule has 1 aromatic rings. The number of hydrogen-bond acceptors (Lipinski definition) is 1. The number of rotatable bonds is 3. The van der Waals surface area contributed by atoms with Gasteiger partial charge in [-0.25, -0.2) is 0 Å². The molecule has 0 amide bonds. The Balaban J connectivity index is 2.08. The van der Waals surface area contributed by atoms with Crippen LogP contribution in [-0.2, 0) is 12.7 Å². The molecule has 1 fully saturated rings. The molecule has 0 N–H and O–H groups in total. The first-order chi connectivity index (χ1) is 7.45. The topological polar surface area (TPSA) is 17.8 Å². The van der Waals surface area contributed by atoms with E-state index >= 15 is 0 Å². The molecule has 0 spiro atoms. The van der Waals surface area contributed by atoms with E-state index < -0.39 is 11.9 Å². The van der Waals surface area contributed by atoms with Crippen LogP contribution in [0.5, 0.6) is 0 Å². The van der Waals surface area contributed by atoms with Gasteiger partial charge in [-0.2, -0.15) is 18.3 Å². The molecule has 0 aliphatic heterocycles. The number of aromatic nitrogens is 2. The predicted octanol–water partition coefficient (Wildman–Crippen LogP) is 3.47. The molecular weight excluding hydrogens is 285 g/mol. The van der Waals surface area contributed by atoms with Gasteiger partial charge in [-0.05, 0) is 24.3 Å². The Morgan fingerprint density at radius 1 is 1.44 bits per heavy atom. The molecular formula is C10H12BrF3N2. The fourth-order valence-electron chi connectivity index (χ4n) is 1.96. The van der Waals surface area contributed by atoms with Crippen LogP contribution in [-0.4, -0.2) is 15.1 Å². The van der Waals surface area contributed by atoms with Gasteiger partial charge in [-0.1, -0.05) is 22.4 Å². The first-order valence-electron chi connectivity index (χ1n) is 5.12. The van der Waals surface area contributed by atoms with Crippen LogP contribution < -0.4 is 0 Å². The molecule has 0 radical (unpaired) electrons. The lowest BCUT2D eigenvalue weighted by atomic mass is 9.70. The van der Waals surface area contributed by atoms with Crippen LogP contribution in [0.15, 0.2) is 12.3 Å². The van der Waals surface area contributed by atoms with E-state index in [1.54, 1.807) is 0 Å². The molecule has 2 nitrogen and oxygen atoms in total. The molecule has 1 heterocycles. The average molecular weight is 297 g/mol. The van der Waals surface area contributed by atoms with E-state index in [9.17, 15) is 13.2 Å². The summed E-state index contributed by atoms with van der Waals surface area (Å²) in [6.07, 6.45) is 0.329. The maximum Gasteiger partial charge on any atom is 0.435 e. The third-order valence-corrected chi connectivity index (χ3v) is 4.32. The number of halogens is 4. The Morgan fingerprint density at radius 2 is 2.12 bits per heavy atom. The second kappa shape index (κ2) is 4.05. The van der Waals surface area contributed by atoms with Crippen LogP contribution in [0.1, 0.15) is 25.0 Å². The van der Waals surface area contributed by atoms with Gasteiger partial charge in [0.2, 0.25) is 0 Å². The highest BCUT2D eigenvalue weighted by atomic mass is 79.9. The predicted molar refractivity (Wildman–Crippen MR) is 57.3 cm³/mol. The van der Waals surface area contributed by atoms with Crippen molar-refractivity contribution in [3.8, 4) is 0 Å². The van der Waals surface area contributed by atoms with Gasteiger partial charge in [0, 0.05) is 18.1 Å². The Bertz CT molecular complexity index is 363. The summed E-state index contributed by atoms with van der Waals surface area (Å²) in [4.78, 5) is 0. The number of nitrogens with zero attached hydrogens (tertiary/aromatic N) is 2. The summed E-state index contributed by atoms with van der Waals surface area (Å²) >= 11 is 3.42. The van der Waals surface area contributed by atoms with Crippen molar-refractivity contribution in [2.75, 3.05) is 5.33 Å². The van der Waals surface area contributed by atoms with Gasteiger partial charge in [-0.3, -0.25) is 4.68 Å². The molecule has 0 atom stereocenters. The minimum absolute atomic E-state index is 0.106. The molecule has 16 heavy (non-hydrogen) atoms. The van der Waals surface area contributed by atoms with Gasteiger partial charge >= 0.3 is 6.18 Å². The van der Waals surface area contributed by atoms with Gasteiger partial charge in [0.1, 0.15) is 0 Å². The Morgan fingerprint density at radius 3 is 2.50 bits per heavy atom. The maximum atomic E-state index is 12.3. The largest absolute Gasteiger partial charge is 0.435 e. The average Bonchev–Trinajstić information content (AvgIpc) is 2.58. The molecule has 2 rings (SSSR count). The molecule has 0 saturated heterocycles. The van der Waals surface area contributed by atoms with E-state index in [1.807, 2.05) is 0 Å². The lowest BCUT2D eigenvalue weighted by Crippen LogP contribution is -2.36. The van der Waals surface area contributed by atoms with E-state index in [0.717, 1.165) is 30.7 Å². The third kappa shape index (κ3) is 2.26. The Kier molecular flexibility index (Phi) is 3.03. The van der Waals surface area contributed by atoms with Gasteiger partial charge in [0.25, 0.3) is 0 Å². The lowest BCUT2D eigenvalue weighted by molar-refractivity contribution is -0.141. The van der Waals surface area contributed by atoms with E-state index in [0.29, 0.717) is 6.54 Å². The van der Waals surface area contributed by atoms with Crippen molar-refractivity contribution >= 4 is 15.9 Å². The minimum atomic E-state index is -4.34. The minimum Gasteiger partial charge on any atom is -0.272 e. The normalized spacial score (nSPS) is 19.5. The fraction of sp³-hybridized carbons (Fsp3) is 0.700. The SMILES string of the molecule is FC(F)(F)c1ccn(CC2(CBr)CCC2)n1. The van der Waals surface area contributed by atoms with E-state index in [-0.39, 0.29) is 5.41 Å². The van der Waals surface area contributed by atoms with Gasteiger partial charge in [-0.15, -0.1) is 0 Å². The summed E-state index contributed by atoms with van der Waals surface area (Å²) in [5.74, 6) is 0. The van der Waals surface area contributed by atoms with Crippen LogP contribution in [0.2, 0.25) is 0 Å². The molecule has 1 aliphatic rings. The quantitative estimate of drug-likeness (QED) is 0.781. The summed E-state index contributed by atoms with van der Waals surface area (Å²) in [6, 6.07) is 1.03. The molecule has 0 unspecified atom stereocenters. The standard InChI is InChI=1S/C10H12BrF3N2/c11-6-9(3-1-4-9)7-16-5-2-8(15-16)10(12,13)14/h2,5H,1,3-4,6-7H2. The summed E-state index contributed by atoms with van der Waals surface area (Å²) in [5.41, 5.74) is -0.703. The lowest BCUT2D eigenvalue weighted by Gasteiger charge is -2.40. The van der Waals surface area contributed by atoms with Crippen molar-refractivity contribution in [2.45, 2.75) is 32.0 Å². The summed E-state index contributed by atoms with van der Waals surface area (Å²) in [7, 11) is 0. The van der Waals surface area contributed by atoms with Crippen molar-refractivity contribution in [3.63, 3.8) is 0 Å². The van der Waals surface area contributed by atoms with Crippen LogP contribution in [0.4, 0.5) is 13.2 Å². The monoisotopic (exact) mass is 296 g/mol. The van der Waals surface area contributed by atoms with Crippen molar-refractivity contribution in [2.24, 2.45) is 5.41 Å². The van der Waals surface area contributed by atoms with Crippen LogP contribution in [0.3, 0.4) is 0 Å². The zero-order valence-electron chi connectivity index (χ0n) is 8.60. The van der Waals surface area contributed by atoms with Gasteiger partial charge in [0.15, 0.2) is 5.69 Å². The van der Waals surface area contributed by atoms with Gasteiger partial charge < -0.3 is 0 Å². The first-order valence-corrected chi connectivity index (χ1v) is 6.24. The molecule has 6 heteroatoms. The van der Waals surface area contributed by atoms with Crippen molar-refractivity contribution < 1.29 is 13.2 Å². The maximum absolute atomic E-state index is 12.3. The highest BCUT2D eigenvalue weighted by molar-refractivity contribution is 9.09. The second-order valence-electron chi connectivity index (χ2n) is 4.38. The van der Waals surface area contributed by atoms with Crippen molar-refractivity contribution in [3.05, 3.63) is 18.0 Å². The summed E-state index contributed by atoms with van der Waals surface area (Å²) in [6.45, 7) is 0.564. The molecule has 0 bridgehead atoms. The number of hydrogen-bond donors (Lipinski definition) is 0. The Hall–Kier alpha value is -0.520. The molecule has 1 aromatic heterocycles. The zero-order chi connectivity index (χ0) is 11.8. The van der Waals surface area contributed by atoms with Gasteiger partial charge in [0.05, 0.1) is 0 Å². The molecule has 90 valence electrons. The third-order valence-electron chi connectivity index (χ3n) is 3.13. The zero-order valence-corrected chi connectivity index (χ0v) is 10.2. The highest BCUT2D eigenvalue weighted by Crippen LogP contribution is 2.43. The second-order valence-corrected chi connectivity index (χ2v) is 4.94. The molecule has 1 aliphatic carbocycles.